The third-order valence-corrected chi connectivity index (χ3v) is 3.12. The van der Waals surface area contributed by atoms with E-state index < -0.39 is 11.9 Å². The number of anilines is 1. The second-order valence-corrected chi connectivity index (χ2v) is 4.71. The Balaban J connectivity index is 2.99. The van der Waals surface area contributed by atoms with Gasteiger partial charge in [0.2, 0.25) is 5.88 Å². The van der Waals surface area contributed by atoms with Crippen LogP contribution in [0.25, 0.3) is 0 Å². The number of carbonyl (C=O) groups excluding carboxylic acids is 2. The summed E-state index contributed by atoms with van der Waals surface area (Å²) in [7, 11) is 1.48. The summed E-state index contributed by atoms with van der Waals surface area (Å²) in [6.07, 6.45) is 4.48. The fourth-order valence-corrected chi connectivity index (χ4v) is 1.93. The molecule has 0 unspecified atom stereocenters. The van der Waals surface area contributed by atoms with Crippen LogP contribution in [0, 0.1) is 0 Å². The molecule has 23 heavy (non-hydrogen) atoms. The first-order valence-electron chi connectivity index (χ1n) is 6.83. The largest absolute Gasteiger partial charge is 0.479 e. The fourth-order valence-electron chi connectivity index (χ4n) is 1.47. The van der Waals surface area contributed by atoms with Gasteiger partial charge in [-0.1, -0.05) is 0 Å². The van der Waals surface area contributed by atoms with Gasteiger partial charge in [-0.2, -0.15) is 4.98 Å². The molecule has 0 atom stereocenters. The van der Waals surface area contributed by atoms with Crippen LogP contribution in [0.15, 0.2) is 23.0 Å². The van der Waals surface area contributed by atoms with E-state index in [4.69, 9.17) is 14.2 Å². The maximum Gasteiger partial charge on any atom is 0.347 e. The minimum Gasteiger partial charge on any atom is -0.479 e. The van der Waals surface area contributed by atoms with E-state index in [2.05, 4.69) is 15.3 Å². The van der Waals surface area contributed by atoms with Crippen molar-refractivity contribution in [2.24, 2.45) is 0 Å². The molecule has 0 aromatic carbocycles. The lowest BCUT2D eigenvalue weighted by molar-refractivity contribution is -0.146. The molecule has 8 nitrogen and oxygen atoms in total. The van der Waals surface area contributed by atoms with E-state index in [0.29, 0.717) is 16.7 Å². The predicted molar refractivity (Wildman–Crippen MR) is 85.3 cm³/mol. The first-order valence-corrected chi connectivity index (χ1v) is 8.05. The number of hydrogen-bond donors (Lipinski definition) is 1. The standard InChI is InChI=1S/C14H19N3O5S/c1-5-21-13(18)9(14(19)22-6-2)7-15-10-8-16-12(23-4)11(17-10)20-3/h7-8H,5-6H2,1-4H3,(H,15,17). The molecule has 0 fully saturated rings. The number of nitrogens with zero attached hydrogens (tertiary/aromatic N) is 2. The molecule has 0 aliphatic heterocycles. The van der Waals surface area contributed by atoms with Gasteiger partial charge >= 0.3 is 11.9 Å². The molecule has 0 bridgehead atoms. The molecule has 0 saturated heterocycles. The number of rotatable bonds is 8. The molecular formula is C14H19N3O5S. The normalized spacial score (nSPS) is 9.74. The number of carbonyl (C=O) groups is 2. The van der Waals surface area contributed by atoms with Crippen molar-refractivity contribution in [2.45, 2.75) is 18.9 Å². The maximum atomic E-state index is 11.8. The summed E-state index contributed by atoms with van der Waals surface area (Å²) in [5.74, 6) is -0.909. The molecule has 0 aliphatic rings. The molecule has 1 heterocycles. The Morgan fingerprint density at radius 1 is 1.26 bits per heavy atom. The van der Waals surface area contributed by atoms with Crippen LogP contribution >= 0.6 is 11.8 Å². The Hall–Kier alpha value is -2.29. The van der Waals surface area contributed by atoms with Gasteiger partial charge in [-0.15, -0.1) is 11.8 Å². The Labute approximate surface area is 138 Å². The van der Waals surface area contributed by atoms with Gasteiger partial charge in [0.05, 0.1) is 26.5 Å². The van der Waals surface area contributed by atoms with Gasteiger partial charge < -0.3 is 19.5 Å². The highest BCUT2D eigenvalue weighted by atomic mass is 32.2. The van der Waals surface area contributed by atoms with E-state index in [-0.39, 0.29) is 18.8 Å². The number of methoxy groups -OCH3 is 1. The molecule has 9 heteroatoms. The van der Waals surface area contributed by atoms with Crippen LogP contribution in [0.1, 0.15) is 13.8 Å². The highest BCUT2D eigenvalue weighted by Crippen LogP contribution is 2.23. The van der Waals surface area contributed by atoms with E-state index in [1.165, 1.54) is 31.3 Å². The van der Waals surface area contributed by atoms with E-state index >= 15 is 0 Å². The summed E-state index contributed by atoms with van der Waals surface area (Å²) in [5.41, 5.74) is -0.261. The molecule has 0 amide bonds. The van der Waals surface area contributed by atoms with Crippen molar-refractivity contribution in [2.75, 3.05) is 31.9 Å². The van der Waals surface area contributed by atoms with Gasteiger partial charge in [0, 0.05) is 6.20 Å². The van der Waals surface area contributed by atoms with Gasteiger partial charge in [-0.3, -0.25) is 0 Å². The van der Waals surface area contributed by atoms with Crippen molar-refractivity contribution in [1.82, 2.24) is 9.97 Å². The van der Waals surface area contributed by atoms with Gasteiger partial charge in [0.25, 0.3) is 0 Å². The Bertz CT molecular complexity index is 572. The number of esters is 2. The summed E-state index contributed by atoms with van der Waals surface area (Å²) in [5, 5.41) is 3.35. The van der Waals surface area contributed by atoms with Crippen LogP contribution in [-0.4, -0.2) is 48.5 Å². The molecule has 1 aromatic heterocycles. The third-order valence-electron chi connectivity index (χ3n) is 2.45. The smallest absolute Gasteiger partial charge is 0.347 e. The zero-order valence-corrected chi connectivity index (χ0v) is 14.2. The average Bonchev–Trinajstić information content (AvgIpc) is 2.55. The fraction of sp³-hybridized carbons (Fsp3) is 0.429. The highest BCUT2D eigenvalue weighted by molar-refractivity contribution is 7.98. The number of thioether (sulfide) groups is 1. The van der Waals surface area contributed by atoms with Crippen LogP contribution in [-0.2, 0) is 19.1 Å². The lowest BCUT2D eigenvalue weighted by Crippen LogP contribution is -2.19. The summed E-state index contributed by atoms with van der Waals surface area (Å²) < 4.78 is 14.8. The quantitative estimate of drug-likeness (QED) is 0.248. The monoisotopic (exact) mass is 341 g/mol. The number of aromatic nitrogens is 2. The SMILES string of the molecule is CCOC(=O)C(=CNc1cnc(SC)c(OC)n1)C(=O)OCC. The topological polar surface area (TPSA) is 99.6 Å². The van der Waals surface area contributed by atoms with Crippen molar-refractivity contribution in [1.29, 1.82) is 0 Å². The van der Waals surface area contributed by atoms with Crippen molar-refractivity contribution < 1.29 is 23.8 Å². The molecule has 126 valence electrons. The number of hydrogen-bond acceptors (Lipinski definition) is 9. The summed E-state index contributed by atoms with van der Waals surface area (Å²) in [6.45, 7) is 3.58. The van der Waals surface area contributed by atoms with Crippen molar-refractivity contribution in [3.63, 3.8) is 0 Å². The second-order valence-electron chi connectivity index (χ2n) is 3.92. The van der Waals surface area contributed by atoms with Crippen LogP contribution in [0.2, 0.25) is 0 Å². The predicted octanol–water partition coefficient (Wildman–Crippen LogP) is 1.63. The van der Waals surface area contributed by atoms with E-state index in [0.717, 1.165) is 0 Å². The van der Waals surface area contributed by atoms with Gasteiger partial charge in [-0.25, -0.2) is 14.6 Å². The molecule has 1 aromatic rings. The first-order chi connectivity index (χ1) is 11.1. The van der Waals surface area contributed by atoms with Gasteiger partial charge in [0.15, 0.2) is 16.4 Å². The zero-order chi connectivity index (χ0) is 17.2. The van der Waals surface area contributed by atoms with Crippen LogP contribution in [0.3, 0.4) is 0 Å². The summed E-state index contributed by atoms with van der Waals surface area (Å²) in [6, 6.07) is 0. The Kier molecular flexibility index (Phi) is 7.89. The second kappa shape index (κ2) is 9.67. The third kappa shape index (κ3) is 5.44. The molecular weight excluding hydrogens is 322 g/mol. The molecule has 1 N–H and O–H groups in total. The molecule has 0 aliphatic carbocycles. The van der Waals surface area contributed by atoms with Crippen LogP contribution in [0.5, 0.6) is 5.88 Å². The van der Waals surface area contributed by atoms with Gasteiger partial charge in [-0.05, 0) is 20.1 Å². The Morgan fingerprint density at radius 2 is 1.87 bits per heavy atom. The van der Waals surface area contributed by atoms with Crippen molar-refractivity contribution >= 4 is 29.5 Å². The number of nitrogens with one attached hydrogen (secondary N) is 1. The lowest BCUT2D eigenvalue weighted by Gasteiger charge is -2.08. The number of ether oxygens (including phenoxy) is 3. The van der Waals surface area contributed by atoms with Crippen LogP contribution < -0.4 is 10.1 Å². The lowest BCUT2D eigenvalue weighted by atomic mass is 10.3. The summed E-state index contributed by atoms with van der Waals surface area (Å²) >= 11 is 1.39. The minimum absolute atomic E-state index is 0.144. The highest BCUT2D eigenvalue weighted by Gasteiger charge is 2.21. The van der Waals surface area contributed by atoms with Gasteiger partial charge in [0.1, 0.15) is 0 Å². The average molecular weight is 341 g/mol. The first kappa shape index (κ1) is 18.8. The van der Waals surface area contributed by atoms with E-state index in [1.807, 2.05) is 6.26 Å². The van der Waals surface area contributed by atoms with Crippen LogP contribution in [0.4, 0.5) is 5.82 Å². The molecule has 0 spiro atoms. The van der Waals surface area contributed by atoms with Crippen molar-refractivity contribution in [3.8, 4) is 5.88 Å². The minimum atomic E-state index is -0.779. The van der Waals surface area contributed by atoms with E-state index in [9.17, 15) is 9.59 Å². The summed E-state index contributed by atoms with van der Waals surface area (Å²) in [4.78, 5) is 32.0. The van der Waals surface area contributed by atoms with E-state index in [1.54, 1.807) is 13.8 Å². The Morgan fingerprint density at radius 3 is 2.35 bits per heavy atom. The molecule has 1 rings (SSSR count). The maximum absolute atomic E-state index is 11.8. The zero-order valence-electron chi connectivity index (χ0n) is 13.4. The molecule has 0 saturated carbocycles. The molecule has 0 radical (unpaired) electrons. The van der Waals surface area contributed by atoms with Crippen molar-refractivity contribution in [3.05, 3.63) is 18.0 Å².